The maximum atomic E-state index is 13.5. The molecule has 3 atom stereocenters. The highest BCUT2D eigenvalue weighted by molar-refractivity contribution is 6.34. The van der Waals surface area contributed by atoms with E-state index >= 15 is 0 Å². The number of alkyl halides is 3. The number of anilines is 1. The van der Waals surface area contributed by atoms with Gasteiger partial charge >= 0.3 is 12.1 Å². The maximum absolute atomic E-state index is 13.5. The largest absolute Gasteiger partial charge is 0.481 e. The predicted molar refractivity (Wildman–Crippen MR) is 115 cm³/mol. The van der Waals surface area contributed by atoms with Crippen molar-refractivity contribution in [2.45, 2.75) is 39.3 Å². The van der Waals surface area contributed by atoms with Crippen LogP contribution in [0.3, 0.4) is 0 Å². The molecule has 9 heteroatoms. The Balaban J connectivity index is 2.43. The van der Waals surface area contributed by atoms with Crippen LogP contribution in [0.1, 0.15) is 36.5 Å². The van der Waals surface area contributed by atoms with Gasteiger partial charge in [0.15, 0.2) is 0 Å². The van der Waals surface area contributed by atoms with Gasteiger partial charge in [0.05, 0.1) is 28.5 Å². The molecule has 2 N–H and O–H groups in total. The summed E-state index contributed by atoms with van der Waals surface area (Å²) < 4.78 is 40.6. The molecule has 0 aliphatic rings. The molecule has 0 aliphatic carbocycles. The molecule has 2 aromatic carbocycles. The van der Waals surface area contributed by atoms with Crippen LogP contribution in [0.4, 0.5) is 18.9 Å². The van der Waals surface area contributed by atoms with E-state index in [0.29, 0.717) is 16.1 Å². The molecular weight excluding hydrogens is 454 g/mol. The van der Waals surface area contributed by atoms with E-state index < -0.39 is 35.8 Å². The maximum Gasteiger partial charge on any atom is 0.392 e. The number of carbonyl (C=O) groups is 2. The van der Waals surface area contributed by atoms with Crippen LogP contribution >= 0.6 is 23.2 Å². The molecule has 31 heavy (non-hydrogen) atoms. The first kappa shape index (κ1) is 25.0. The second-order valence-electron chi connectivity index (χ2n) is 7.50. The minimum absolute atomic E-state index is 0.145. The van der Waals surface area contributed by atoms with Gasteiger partial charge in [-0.3, -0.25) is 9.59 Å². The third-order valence-electron chi connectivity index (χ3n) is 5.25. The first-order valence-corrected chi connectivity index (χ1v) is 10.2. The fourth-order valence-corrected chi connectivity index (χ4v) is 3.62. The second-order valence-corrected chi connectivity index (χ2v) is 8.34. The summed E-state index contributed by atoms with van der Waals surface area (Å²) in [4.78, 5) is 24.2. The molecule has 2 rings (SSSR count). The Morgan fingerprint density at radius 3 is 2.16 bits per heavy atom. The van der Waals surface area contributed by atoms with Crippen molar-refractivity contribution >= 4 is 40.8 Å². The van der Waals surface area contributed by atoms with E-state index in [1.165, 1.54) is 37.3 Å². The standard InChI is InChI=1S/C22H22Cl2F3NO3/c1-11(21(30)31)10-15-6-9-17(24)19(12(15)2)28-20(29)18(13(3)22(25,26)27)14-4-7-16(23)8-5-14/h4-9,11,13,18H,10H2,1-3H3,(H,28,29)(H,30,31)/t11-,13?,18+/m1/s1. The molecule has 0 aromatic heterocycles. The number of carbonyl (C=O) groups excluding carboxylic acids is 1. The highest BCUT2D eigenvalue weighted by atomic mass is 35.5. The number of carboxylic acids is 1. The smallest absolute Gasteiger partial charge is 0.392 e. The molecule has 0 spiro atoms. The van der Waals surface area contributed by atoms with Crippen molar-refractivity contribution in [1.29, 1.82) is 0 Å². The fourth-order valence-electron chi connectivity index (χ4n) is 3.24. The fraction of sp³-hybridized carbons (Fsp3) is 0.364. The van der Waals surface area contributed by atoms with Gasteiger partial charge in [-0.25, -0.2) is 0 Å². The molecule has 1 unspecified atom stereocenters. The molecule has 2 aromatic rings. The third kappa shape index (κ3) is 6.14. The van der Waals surface area contributed by atoms with Crippen molar-refractivity contribution in [3.63, 3.8) is 0 Å². The van der Waals surface area contributed by atoms with Crippen LogP contribution in [-0.4, -0.2) is 23.2 Å². The second kappa shape index (κ2) is 9.92. The highest BCUT2D eigenvalue weighted by Gasteiger charge is 2.45. The molecule has 0 fully saturated rings. The normalized spacial score (nSPS) is 14.6. The summed E-state index contributed by atoms with van der Waals surface area (Å²) >= 11 is 12.1. The number of benzene rings is 2. The first-order valence-electron chi connectivity index (χ1n) is 9.46. The summed E-state index contributed by atoms with van der Waals surface area (Å²) in [6.07, 6.45) is -4.43. The molecular formula is C22H22Cl2F3NO3. The van der Waals surface area contributed by atoms with Gasteiger partial charge in [0.2, 0.25) is 5.91 Å². The highest BCUT2D eigenvalue weighted by Crippen LogP contribution is 2.39. The Bertz CT molecular complexity index is 962. The zero-order valence-electron chi connectivity index (χ0n) is 17.1. The Morgan fingerprint density at radius 1 is 1.06 bits per heavy atom. The average molecular weight is 476 g/mol. The van der Waals surface area contributed by atoms with Gasteiger partial charge in [-0.15, -0.1) is 0 Å². The molecule has 0 bridgehead atoms. The lowest BCUT2D eigenvalue weighted by Gasteiger charge is -2.26. The summed E-state index contributed by atoms with van der Waals surface area (Å²) in [6, 6.07) is 8.74. The van der Waals surface area contributed by atoms with Gasteiger partial charge in [0.1, 0.15) is 0 Å². The van der Waals surface area contributed by atoms with Crippen LogP contribution in [0.5, 0.6) is 0 Å². The minimum Gasteiger partial charge on any atom is -0.481 e. The van der Waals surface area contributed by atoms with Gasteiger partial charge in [0.25, 0.3) is 0 Å². The van der Waals surface area contributed by atoms with Crippen molar-refractivity contribution in [1.82, 2.24) is 0 Å². The van der Waals surface area contributed by atoms with E-state index in [-0.39, 0.29) is 22.7 Å². The molecule has 0 radical (unpaired) electrons. The first-order chi connectivity index (χ1) is 14.3. The average Bonchev–Trinajstić information content (AvgIpc) is 2.68. The zero-order chi connectivity index (χ0) is 23.5. The van der Waals surface area contributed by atoms with Crippen LogP contribution < -0.4 is 5.32 Å². The van der Waals surface area contributed by atoms with Crippen molar-refractivity contribution in [2.24, 2.45) is 11.8 Å². The van der Waals surface area contributed by atoms with Crippen molar-refractivity contribution in [3.8, 4) is 0 Å². The van der Waals surface area contributed by atoms with E-state index in [1.54, 1.807) is 13.0 Å². The van der Waals surface area contributed by atoms with E-state index in [9.17, 15) is 22.8 Å². The number of nitrogens with one attached hydrogen (secondary N) is 1. The number of aliphatic carboxylic acids is 1. The minimum atomic E-state index is -4.61. The molecule has 4 nitrogen and oxygen atoms in total. The Hall–Kier alpha value is -2.25. The Morgan fingerprint density at radius 2 is 1.65 bits per heavy atom. The number of rotatable bonds is 7. The summed E-state index contributed by atoms with van der Waals surface area (Å²) in [5.41, 5.74) is 1.45. The Kier molecular flexibility index (Phi) is 8.00. The number of amides is 1. The number of carboxylic acid groups (broad SMARTS) is 1. The van der Waals surface area contributed by atoms with E-state index in [1.807, 2.05) is 0 Å². The lowest BCUT2D eigenvalue weighted by Crippen LogP contribution is -2.34. The molecule has 0 heterocycles. The van der Waals surface area contributed by atoms with Crippen molar-refractivity contribution in [3.05, 3.63) is 63.1 Å². The number of hydrogen-bond acceptors (Lipinski definition) is 2. The van der Waals surface area contributed by atoms with Crippen LogP contribution in [0, 0.1) is 18.8 Å². The van der Waals surface area contributed by atoms with E-state index in [4.69, 9.17) is 28.3 Å². The molecule has 0 saturated carbocycles. The summed E-state index contributed by atoms with van der Waals surface area (Å²) in [5, 5.41) is 12.2. The summed E-state index contributed by atoms with van der Waals surface area (Å²) in [5.74, 6) is -6.05. The SMILES string of the molecule is Cc1c(C[C@@H](C)C(=O)O)ccc(Cl)c1NC(=O)[C@H](c1ccc(Cl)cc1)C(C)C(F)(F)F. The Labute approximate surface area is 188 Å². The number of halogens is 5. The summed E-state index contributed by atoms with van der Waals surface area (Å²) in [6.45, 7) is 4.12. The van der Waals surface area contributed by atoms with E-state index in [0.717, 1.165) is 6.92 Å². The van der Waals surface area contributed by atoms with Crippen molar-refractivity contribution < 1.29 is 27.9 Å². The number of hydrogen-bond donors (Lipinski definition) is 2. The van der Waals surface area contributed by atoms with Gasteiger partial charge < -0.3 is 10.4 Å². The van der Waals surface area contributed by atoms with Gasteiger partial charge in [-0.05, 0) is 48.2 Å². The lowest BCUT2D eigenvalue weighted by molar-refractivity contribution is -0.178. The van der Waals surface area contributed by atoms with Gasteiger partial charge in [-0.2, -0.15) is 13.2 Å². The third-order valence-corrected chi connectivity index (χ3v) is 5.82. The van der Waals surface area contributed by atoms with E-state index in [2.05, 4.69) is 5.32 Å². The van der Waals surface area contributed by atoms with Crippen LogP contribution in [0.25, 0.3) is 0 Å². The van der Waals surface area contributed by atoms with Gasteiger partial charge in [-0.1, -0.05) is 55.2 Å². The molecule has 168 valence electrons. The predicted octanol–water partition coefficient (Wildman–Crippen LogP) is 6.49. The molecule has 0 saturated heterocycles. The monoisotopic (exact) mass is 475 g/mol. The molecule has 0 aliphatic heterocycles. The quantitative estimate of drug-likeness (QED) is 0.481. The molecule has 1 amide bonds. The van der Waals surface area contributed by atoms with Crippen molar-refractivity contribution in [2.75, 3.05) is 5.32 Å². The topological polar surface area (TPSA) is 66.4 Å². The van der Waals surface area contributed by atoms with Crippen LogP contribution in [-0.2, 0) is 16.0 Å². The van der Waals surface area contributed by atoms with Gasteiger partial charge in [0, 0.05) is 5.02 Å². The zero-order valence-corrected chi connectivity index (χ0v) is 18.6. The summed E-state index contributed by atoms with van der Waals surface area (Å²) in [7, 11) is 0. The lowest BCUT2D eigenvalue weighted by atomic mass is 9.85. The van der Waals surface area contributed by atoms with Crippen LogP contribution in [0.15, 0.2) is 36.4 Å². The van der Waals surface area contributed by atoms with Crippen LogP contribution in [0.2, 0.25) is 10.0 Å².